The Morgan fingerprint density at radius 2 is 1.53 bits per heavy atom. The third kappa shape index (κ3) is 4.06. The fourth-order valence-corrected chi connectivity index (χ4v) is 3.60. The third-order valence-corrected chi connectivity index (χ3v) is 5.21. The van der Waals surface area contributed by atoms with Crippen LogP contribution in [0.1, 0.15) is 5.56 Å². The second-order valence-corrected chi connectivity index (χ2v) is 7.55. The quantitative estimate of drug-likeness (QED) is 0.670. The van der Waals surface area contributed by atoms with Gasteiger partial charge in [0.2, 0.25) is 5.91 Å². The maximum absolute atomic E-state index is 13.2. The number of likely N-dealkylation sites (N-methyl/N-ethyl adjacent to an activating group) is 1. The molecule has 5 nitrogen and oxygen atoms in total. The molecule has 0 bridgehead atoms. The van der Waals surface area contributed by atoms with Gasteiger partial charge in [0.15, 0.2) is 6.10 Å². The topological polar surface area (TPSA) is 49.9 Å². The Labute approximate surface area is 176 Å². The molecule has 5 heteroatoms. The molecule has 0 saturated carbocycles. The fourth-order valence-electron chi connectivity index (χ4n) is 3.60. The van der Waals surface area contributed by atoms with Gasteiger partial charge in [-0.2, -0.15) is 0 Å². The Kier molecular flexibility index (Phi) is 5.53. The molecule has 4 rings (SSSR count). The van der Waals surface area contributed by atoms with Crippen molar-refractivity contribution in [2.24, 2.45) is 0 Å². The minimum Gasteiger partial charge on any atom is -0.476 e. The van der Waals surface area contributed by atoms with Gasteiger partial charge in [0, 0.05) is 14.1 Å². The molecule has 1 aliphatic rings. The summed E-state index contributed by atoms with van der Waals surface area (Å²) < 4.78 is 5.87. The van der Waals surface area contributed by atoms with E-state index < -0.39 is 6.10 Å². The zero-order chi connectivity index (χ0) is 21.1. The lowest BCUT2D eigenvalue weighted by atomic mass is 10.0. The molecule has 1 atom stereocenters. The van der Waals surface area contributed by atoms with Crippen LogP contribution in [0, 0.1) is 0 Å². The Hall–Kier alpha value is -3.60. The molecule has 1 aliphatic heterocycles. The molecule has 0 radical (unpaired) electrons. The highest BCUT2D eigenvalue weighted by Crippen LogP contribution is 2.34. The lowest BCUT2D eigenvalue weighted by molar-refractivity contribution is -0.136. The van der Waals surface area contributed by atoms with E-state index in [4.69, 9.17) is 4.74 Å². The molecule has 3 aromatic rings. The van der Waals surface area contributed by atoms with Gasteiger partial charge in [0.05, 0.1) is 18.7 Å². The summed E-state index contributed by atoms with van der Waals surface area (Å²) in [5.41, 5.74) is 3.88. The number of rotatable bonds is 4. The molecular formula is C25H24N2O3. The van der Waals surface area contributed by atoms with E-state index in [0.717, 1.165) is 16.7 Å². The lowest BCUT2D eigenvalue weighted by Gasteiger charge is -2.35. The van der Waals surface area contributed by atoms with E-state index in [0.29, 0.717) is 11.4 Å². The maximum atomic E-state index is 13.2. The number of ether oxygens (including phenoxy) is 1. The average molecular weight is 400 g/mol. The monoisotopic (exact) mass is 400 g/mol. The zero-order valence-electron chi connectivity index (χ0n) is 17.1. The first-order valence-corrected chi connectivity index (χ1v) is 9.94. The van der Waals surface area contributed by atoms with Crippen LogP contribution >= 0.6 is 0 Å². The predicted octanol–water partition coefficient (Wildman–Crippen LogP) is 3.78. The number of para-hydroxylation sites is 2. The van der Waals surface area contributed by atoms with Crippen LogP contribution in [0.25, 0.3) is 11.1 Å². The Bertz CT molecular complexity index is 1050. The molecule has 152 valence electrons. The molecule has 1 heterocycles. The van der Waals surface area contributed by atoms with E-state index in [2.05, 4.69) is 12.1 Å². The summed E-state index contributed by atoms with van der Waals surface area (Å²) in [7, 11) is 3.37. The Morgan fingerprint density at radius 1 is 0.900 bits per heavy atom. The van der Waals surface area contributed by atoms with Crippen molar-refractivity contribution < 1.29 is 14.3 Å². The summed E-state index contributed by atoms with van der Waals surface area (Å²) >= 11 is 0. The van der Waals surface area contributed by atoms with Crippen LogP contribution in [0.15, 0.2) is 78.9 Å². The highest BCUT2D eigenvalue weighted by molar-refractivity contribution is 5.98. The predicted molar refractivity (Wildman–Crippen MR) is 117 cm³/mol. The zero-order valence-corrected chi connectivity index (χ0v) is 17.1. The molecule has 0 aliphatic carbocycles. The first-order valence-electron chi connectivity index (χ1n) is 9.94. The van der Waals surface area contributed by atoms with Crippen molar-refractivity contribution >= 4 is 17.5 Å². The molecule has 1 unspecified atom stereocenters. The highest BCUT2D eigenvalue weighted by atomic mass is 16.5. The number of benzene rings is 3. The van der Waals surface area contributed by atoms with Crippen molar-refractivity contribution in [2.45, 2.75) is 12.5 Å². The van der Waals surface area contributed by atoms with Crippen molar-refractivity contribution in [3.05, 3.63) is 84.4 Å². The van der Waals surface area contributed by atoms with Crippen LogP contribution in [0.4, 0.5) is 5.69 Å². The number of carbonyl (C=O) groups is 2. The number of hydrogen-bond donors (Lipinski definition) is 0. The van der Waals surface area contributed by atoms with Gasteiger partial charge in [-0.1, -0.05) is 66.7 Å². The first-order chi connectivity index (χ1) is 14.5. The largest absolute Gasteiger partial charge is 0.476 e. The second-order valence-electron chi connectivity index (χ2n) is 7.55. The minimum atomic E-state index is -0.709. The highest BCUT2D eigenvalue weighted by Gasteiger charge is 2.34. The molecule has 30 heavy (non-hydrogen) atoms. The van der Waals surface area contributed by atoms with Gasteiger partial charge in [0.1, 0.15) is 5.75 Å². The van der Waals surface area contributed by atoms with Gasteiger partial charge in [-0.25, -0.2) is 0 Å². The van der Waals surface area contributed by atoms with Crippen LogP contribution in [-0.4, -0.2) is 43.5 Å². The minimum absolute atomic E-state index is 0.0604. The van der Waals surface area contributed by atoms with Gasteiger partial charge in [0.25, 0.3) is 5.91 Å². The molecular weight excluding hydrogens is 376 g/mol. The van der Waals surface area contributed by atoms with Crippen LogP contribution < -0.4 is 9.64 Å². The maximum Gasteiger partial charge on any atom is 0.265 e. The Morgan fingerprint density at radius 3 is 2.23 bits per heavy atom. The van der Waals surface area contributed by atoms with Crippen LogP contribution in [-0.2, 0) is 16.0 Å². The summed E-state index contributed by atoms with van der Waals surface area (Å²) in [6.07, 6.45) is -0.453. The molecule has 3 aromatic carbocycles. The van der Waals surface area contributed by atoms with Gasteiger partial charge in [-0.3, -0.25) is 9.59 Å². The van der Waals surface area contributed by atoms with Gasteiger partial charge in [-0.15, -0.1) is 0 Å². The van der Waals surface area contributed by atoms with Crippen molar-refractivity contribution in [3.63, 3.8) is 0 Å². The lowest BCUT2D eigenvalue weighted by Crippen LogP contribution is -2.50. The van der Waals surface area contributed by atoms with Gasteiger partial charge < -0.3 is 14.5 Å². The SMILES string of the molecule is CN(C)C(=O)C1CN(C(=O)Cc2ccc(-c3ccccc3)cc2)c2ccccc2O1. The van der Waals surface area contributed by atoms with Crippen LogP contribution in [0.5, 0.6) is 5.75 Å². The van der Waals surface area contributed by atoms with E-state index in [1.165, 1.54) is 4.90 Å². The van der Waals surface area contributed by atoms with E-state index in [9.17, 15) is 9.59 Å². The van der Waals surface area contributed by atoms with Crippen molar-refractivity contribution in [1.82, 2.24) is 4.90 Å². The number of hydrogen-bond acceptors (Lipinski definition) is 3. The molecule has 0 saturated heterocycles. The number of amides is 2. The average Bonchev–Trinajstić information content (AvgIpc) is 2.78. The molecule has 0 N–H and O–H groups in total. The molecule has 0 aromatic heterocycles. The van der Waals surface area contributed by atoms with E-state index in [1.807, 2.05) is 60.7 Å². The standard InChI is InChI=1S/C25H24N2O3/c1-26(2)25(29)23-17-27(21-10-6-7-11-22(21)30-23)24(28)16-18-12-14-20(15-13-18)19-8-4-3-5-9-19/h3-15,23H,16-17H2,1-2H3. The van der Waals surface area contributed by atoms with Crippen molar-refractivity contribution in [3.8, 4) is 16.9 Å². The number of carbonyl (C=O) groups excluding carboxylic acids is 2. The van der Waals surface area contributed by atoms with E-state index in [1.54, 1.807) is 25.1 Å². The second kappa shape index (κ2) is 8.41. The number of fused-ring (bicyclic) bond motifs is 1. The normalized spacial score (nSPS) is 15.1. The summed E-state index contributed by atoms with van der Waals surface area (Å²) in [6.45, 7) is 0.203. The first kappa shape index (κ1) is 19.7. The van der Waals surface area contributed by atoms with E-state index in [-0.39, 0.29) is 24.8 Å². The fraction of sp³-hybridized carbons (Fsp3) is 0.200. The summed E-state index contributed by atoms with van der Waals surface area (Å²) in [5, 5.41) is 0. The summed E-state index contributed by atoms with van der Waals surface area (Å²) in [6, 6.07) is 25.5. The van der Waals surface area contributed by atoms with E-state index >= 15 is 0 Å². The third-order valence-electron chi connectivity index (χ3n) is 5.21. The van der Waals surface area contributed by atoms with Crippen molar-refractivity contribution in [2.75, 3.05) is 25.5 Å². The smallest absolute Gasteiger partial charge is 0.265 e. The van der Waals surface area contributed by atoms with Crippen LogP contribution in [0.3, 0.4) is 0 Å². The molecule has 2 amide bonds. The van der Waals surface area contributed by atoms with Crippen LogP contribution in [0.2, 0.25) is 0 Å². The number of anilines is 1. The number of nitrogens with zero attached hydrogens (tertiary/aromatic N) is 2. The molecule has 0 fully saturated rings. The van der Waals surface area contributed by atoms with Gasteiger partial charge in [-0.05, 0) is 28.8 Å². The summed E-state index contributed by atoms with van der Waals surface area (Å²) in [4.78, 5) is 28.8. The Balaban J connectivity index is 1.54. The molecule has 0 spiro atoms. The van der Waals surface area contributed by atoms with Crippen molar-refractivity contribution in [1.29, 1.82) is 0 Å². The summed E-state index contributed by atoms with van der Waals surface area (Å²) in [5.74, 6) is 0.334. The van der Waals surface area contributed by atoms with Gasteiger partial charge >= 0.3 is 0 Å².